The summed E-state index contributed by atoms with van der Waals surface area (Å²) in [4.78, 5) is 0. The van der Waals surface area contributed by atoms with Gasteiger partial charge >= 0.3 is 0 Å². The Kier molecular flexibility index (Phi) is 4.42. The standard InChI is InChI=1S/C21H19FO/c1-15(2)18-13-14-19(23-17-11-7-4-8-12-17)20(21(18)22)16-9-5-3-6-10-16/h3-15H,1-2H3. The maximum Gasteiger partial charge on any atom is 0.138 e. The molecular weight excluding hydrogens is 287 g/mol. The van der Waals surface area contributed by atoms with Crippen LogP contribution in [-0.4, -0.2) is 0 Å². The van der Waals surface area contributed by atoms with Gasteiger partial charge in [-0.15, -0.1) is 0 Å². The van der Waals surface area contributed by atoms with E-state index in [1.807, 2.05) is 86.6 Å². The molecule has 0 heterocycles. The van der Waals surface area contributed by atoms with Crippen molar-refractivity contribution in [3.05, 3.63) is 84.2 Å². The van der Waals surface area contributed by atoms with E-state index >= 15 is 4.39 Å². The summed E-state index contributed by atoms with van der Waals surface area (Å²) in [6.07, 6.45) is 0. The molecule has 0 aromatic heterocycles. The normalized spacial score (nSPS) is 10.8. The molecule has 0 saturated carbocycles. The molecule has 0 unspecified atom stereocenters. The van der Waals surface area contributed by atoms with Crippen LogP contribution in [0.3, 0.4) is 0 Å². The molecule has 0 aliphatic heterocycles. The number of halogens is 1. The first-order valence-corrected chi connectivity index (χ1v) is 7.77. The first-order chi connectivity index (χ1) is 11.2. The van der Waals surface area contributed by atoms with Gasteiger partial charge in [-0.05, 0) is 35.2 Å². The number of ether oxygens (including phenoxy) is 1. The van der Waals surface area contributed by atoms with Gasteiger partial charge in [-0.25, -0.2) is 4.39 Å². The first kappa shape index (κ1) is 15.3. The molecule has 0 radical (unpaired) electrons. The van der Waals surface area contributed by atoms with Crippen LogP contribution >= 0.6 is 0 Å². The van der Waals surface area contributed by atoms with E-state index in [-0.39, 0.29) is 11.7 Å². The Labute approximate surface area is 136 Å². The van der Waals surface area contributed by atoms with E-state index in [2.05, 4.69) is 0 Å². The number of rotatable bonds is 4. The van der Waals surface area contributed by atoms with Crippen LogP contribution in [0.1, 0.15) is 25.3 Å². The molecule has 0 saturated heterocycles. The molecule has 3 aromatic carbocycles. The fourth-order valence-electron chi connectivity index (χ4n) is 2.59. The lowest BCUT2D eigenvalue weighted by atomic mass is 9.95. The van der Waals surface area contributed by atoms with Gasteiger partial charge in [0.25, 0.3) is 0 Å². The minimum atomic E-state index is -0.209. The van der Waals surface area contributed by atoms with Crippen LogP contribution in [0.15, 0.2) is 72.8 Å². The van der Waals surface area contributed by atoms with E-state index in [0.717, 1.165) is 5.56 Å². The molecule has 3 aromatic rings. The first-order valence-electron chi connectivity index (χ1n) is 7.77. The summed E-state index contributed by atoms with van der Waals surface area (Å²) >= 11 is 0. The zero-order valence-corrected chi connectivity index (χ0v) is 13.3. The number of hydrogen-bond acceptors (Lipinski definition) is 1. The molecule has 0 amide bonds. The Morgan fingerprint density at radius 3 is 2.00 bits per heavy atom. The van der Waals surface area contributed by atoms with Crippen LogP contribution in [0.25, 0.3) is 11.1 Å². The van der Waals surface area contributed by atoms with Crippen molar-refractivity contribution in [2.24, 2.45) is 0 Å². The molecule has 3 rings (SSSR count). The van der Waals surface area contributed by atoms with Crippen LogP contribution in [0, 0.1) is 5.82 Å². The predicted molar refractivity (Wildman–Crippen MR) is 92.4 cm³/mol. The summed E-state index contributed by atoms with van der Waals surface area (Å²) in [6, 6.07) is 22.7. The van der Waals surface area contributed by atoms with Gasteiger partial charge in [-0.2, -0.15) is 0 Å². The second-order valence-electron chi connectivity index (χ2n) is 5.78. The summed E-state index contributed by atoms with van der Waals surface area (Å²) in [5.74, 6) is 1.13. The van der Waals surface area contributed by atoms with Crippen LogP contribution in [0.4, 0.5) is 4.39 Å². The Hall–Kier alpha value is -2.61. The Morgan fingerprint density at radius 1 is 0.783 bits per heavy atom. The largest absolute Gasteiger partial charge is 0.457 e. The van der Waals surface area contributed by atoms with Gasteiger partial charge in [-0.3, -0.25) is 0 Å². The van der Waals surface area contributed by atoms with E-state index in [1.165, 1.54) is 0 Å². The van der Waals surface area contributed by atoms with E-state index in [4.69, 9.17) is 4.74 Å². The van der Waals surface area contributed by atoms with E-state index in [1.54, 1.807) is 0 Å². The van der Waals surface area contributed by atoms with Crippen molar-refractivity contribution in [3.63, 3.8) is 0 Å². The number of hydrogen-bond donors (Lipinski definition) is 0. The van der Waals surface area contributed by atoms with E-state index < -0.39 is 0 Å². The molecule has 0 aliphatic carbocycles. The van der Waals surface area contributed by atoms with Crippen molar-refractivity contribution in [3.8, 4) is 22.6 Å². The summed E-state index contributed by atoms with van der Waals surface area (Å²) in [7, 11) is 0. The highest BCUT2D eigenvalue weighted by Crippen LogP contribution is 2.38. The highest BCUT2D eigenvalue weighted by Gasteiger charge is 2.18. The monoisotopic (exact) mass is 306 g/mol. The molecule has 0 aliphatic rings. The van der Waals surface area contributed by atoms with Crippen LogP contribution in [-0.2, 0) is 0 Å². The van der Waals surface area contributed by atoms with Gasteiger partial charge < -0.3 is 4.74 Å². The summed E-state index contributed by atoms with van der Waals surface area (Å²) in [5, 5.41) is 0. The molecule has 116 valence electrons. The molecule has 0 spiro atoms. The molecule has 0 atom stereocenters. The molecule has 0 N–H and O–H groups in total. The van der Waals surface area contributed by atoms with Gasteiger partial charge in [-0.1, -0.05) is 68.4 Å². The Bertz CT molecular complexity index is 780. The molecular formula is C21H19FO. The molecule has 0 fully saturated rings. The third kappa shape index (κ3) is 3.26. The fourth-order valence-corrected chi connectivity index (χ4v) is 2.59. The summed E-state index contributed by atoms with van der Waals surface area (Å²) < 4.78 is 21.0. The van der Waals surface area contributed by atoms with Gasteiger partial charge in [0, 0.05) is 0 Å². The quantitative estimate of drug-likeness (QED) is 0.541. The second-order valence-corrected chi connectivity index (χ2v) is 5.78. The van der Waals surface area contributed by atoms with Crippen LogP contribution in [0.2, 0.25) is 0 Å². The van der Waals surface area contributed by atoms with Crippen molar-refractivity contribution in [2.75, 3.05) is 0 Å². The minimum absolute atomic E-state index is 0.114. The van der Waals surface area contributed by atoms with Gasteiger partial charge in [0.2, 0.25) is 0 Å². The topological polar surface area (TPSA) is 9.23 Å². The van der Waals surface area contributed by atoms with Crippen molar-refractivity contribution < 1.29 is 9.13 Å². The van der Waals surface area contributed by atoms with Gasteiger partial charge in [0.05, 0.1) is 5.56 Å². The zero-order valence-electron chi connectivity index (χ0n) is 13.3. The smallest absolute Gasteiger partial charge is 0.138 e. The summed E-state index contributed by atoms with van der Waals surface area (Å²) in [5.41, 5.74) is 2.03. The average Bonchev–Trinajstić information content (AvgIpc) is 2.56. The SMILES string of the molecule is CC(C)c1ccc(Oc2ccccc2)c(-c2ccccc2)c1F. The van der Waals surface area contributed by atoms with Crippen molar-refractivity contribution >= 4 is 0 Å². The highest BCUT2D eigenvalue weighted by molar-refractivity contribution is 5.72. The Morgan fingerprint density at radius 2 is 1.39 bits per heavy atom. The lowest BCUT2D eigenvalue weighted by Gasteiger charge is -2.16. The molecule has 1 nitrogen and oxygen atoms in total. The van der Waals surface area contributed by atoms with E-state index in [9.17, 15) is 0 Å². The average molecular weight is 306 g/mol. The zero-order chi connectivity index (χ0) is 16.2. The highest BCUT2D eigenvalue weighted by atomic mass is 19.1. The maximum absolute atomic E-state index is 15.1. The summed E-state index contributed by atoms with van der Waals surface area (Å²) in [6.45, 7) is 3.98. The van der Waals surface area contributed by atoms with Crippen molar-refractivity contribution in [1.82, 2.24) is 0 Å². The molecule has 23 heavy (non-hydrogen) atoms. The Balaban J connectivity index is 2.14. The van der Waals surface area contributed by atoms with Crippen molar-refractivity contribution in [2.45, 2.75) is 19.8 Å². The van der Waals surface area contributed by atoms with Crippen molar-refractivity contribution in [1.29, 1.82) is 0 Å². The fraction of sp³-hybridized carbons (Fsp3) is 0.143. The van der Waals surface area contributed by atoms with Crippen LogP contribution in [0.5, 0.6) is 11.5 Å². The number of para-hydroxylation sites is 1. The van der Waals surface area contributed by atoms with Crippen LogP contribution < -0.4 is 4.74 Å². The predicted octanol–water partition coefficient (Wildman–Crippen LogP) is 6.41. The maximum atomic E-state index is 15.1. The van der Waals surface area contributed by atoms with E-state index in [0.29, 0.717) is 22.6 Å². The lowest BCUT2D eigenvalue weighted by Crippen LogP contribution is -1.99. The van der Waals surface area contributed by atoms with Gasteiger partial charge in [0.15, 0.2) is 0 Å². The molecule has 0 bridgehead atoms. The third-order valence-electron chi connectivity index (χ3n) is 3.79. The third-order valence-corrected chi connectivity index (χ3v) is 3.79. The minimum Gasteiger partial charge on any atom is -0.457 e. The molecule has 2 heteroatoms. The van der Waals surface area contributed by atoms with Gasteiger partial charge in [0.1, 0.15) is 17.3 Å². The lowest BCUT2D eigenvalue weighted by molar-refractivity contribution is 0.477. The second kappa shape index (κ2) is 6.66. The number of benzene rings is 3.